The van der Waals surface area contributed by atoms with Gasteiger partial charge < -0.3 is 15.4 Å². The molecule has 4 nitrogen and oxygen atoms in total. The predicted molar refractivity (Wildman–Crippen MR) is 75.2 cm³/mol. The zero-order chi connectivity index (χ0) is 13.7. The second-order valence-electron chi connectivity index (χ2n) is 4.96. The van der Waals surface area contributed by atoms with Crippen molar-refractivity contribution in [3.63, 3.8) is 0 Å². The quantitative estimate of drug-likeness (QED) is 0.790. The van der Waals surface area contributed by atoms with Crippen molar-refractivity contribution in [2.45, 2.75) is 38.3 Å². The molecule has 4 heteroatoms. The molecule has 1 unspecified atom stereocenters. The van der Waals surface area contributed by atoms with Gasteiger partial charge in [0.25, 0.3) is 0 Å². The summed E-state index contributed by atoms with van der Waals surface area (Å²) in [6.07, 6.45) is 3.20. The molecule has 0 spiro atoms. The van der Waals surface area contributed by atoms with E-state index in [1.165, 1.54) is 5.56 Å². The molecule has 0 radical (unpaired) electrons. The van der Waals surface area contributed by atoms with Gasteiger partial charge in [0.2, 0.25) is 5.91 Å². The Hall–Kier alpha value is -1.55. The number of carbonyl (C=O) groups is 1. The van der Waals surface area contributed by atoms with Crippen LogP contribution in [0.25, 0.3) is 0 Å². The van der Waals surface area contributed by atoms with Gasteiger partial charge in [-0.3, -0.25) is 4.79 Å². The van der Waals surface area contributed by atoms with Crippen molar-refractivity contribution in [1.29, 1.82) is 0 Å². The number of nitrogens with one attached hydrogen (secondary N) is 2. The lowest BCUT2D eigenvalue weighted by molar-refractivity contribution is -0.120. The molecule has 1 atom stereocenters. The van der Waals surface area contributed by atoms with E-state index in [-0.39, 0.29) is 11.9 Å². The van der Waals surface area contributed by atoms with Gasteiger partial charge in [-0.15, -0.1) is 0 Å². The van der Waals surface area contributed by atoms with E-state index >= 15 is 0 Å². The fourth-order valence-corrected chi connectivity index (χ4v) is 2.06. The number of ether oxygens (including phenoxy) is 1. The molecular weight excluding hydrogens is 240 g/mol. The van der Waals surface area contributed by atoms with E-state index in [4.69, 9.17) is 4.74 Å². The highest BCUT2D eigenvalue weighted by molar-refractivity contribution is 5.78. The Labute approximate surface area is 114 Å². The highest BCUT2D eigenvalue weighted by Gasteiger charge is 2.23. The van der Waals surface area contributed by atoms with Gasteiger partial charge in [0.15, 0.2) is 0 Å². The maximum Gasteiger partial charge on any atom is 0.234 e. The van der Waals surface area contributed by atoms with Gasteiger partial charge in [-0.25, -0.2) is 0 Å². The minimum atomic E-state index is 0.0921. The third-order valence-corrected chi connectivity index (χ3v) is 3.38. The number of carbonyl (C=O) groups excluding carboxylic acids is 1. The first-order chi connectivity index (χ1) is 9.22. The van der Waals surface area contributed by atoms with Crippen molar-refractivity contribution in [2.75, 3.05) is 13.7 Å². The van der Waals surface area contributed by atoms with Crippen LogP contribution in [-0.4, -0.2) is 25.6 Å². The summed E-state index contributed by atoms with van der Waals surface area (Å²) < 4.78 is 5.15. The van der Waals surface area contributed by atoms with Crippen molar-refractivity contribution in [2.24, 2.45) is 0 Å². The van der Waals surface area contributed by atoms with E-state index < -0.39 is 0 Å². The number of methoxy groups -OCH3 is 1. The van der Waals surface area contributed by atoms with Gasteiger partial charge >= 0.3 is 0 Å². The number of hydrogen-bond donors (Lipinski definition) is 2. The zero-order valence-electron chi connectivity index (χ0n) is 11.6. The summed E-state index contributed by atoms with van der Waals surface area (Å²) in [7, 11) is 1.66. The molecule has 2 rings (SSSR count). The monoisotopic (exact) mass is 262 g/mol. The number of amides is 1. The normalized spacial score (nSPS) is 15.9. The second kappa shape index (κ2) is 6.57. The SMILES string of the molecule is CCC(NCC(=O)NC1CC1)c1ccc(OC)cc1. The van der Waals surface area contributed by atoms with E-state index in [9.17, 15) is 4.79 Å². The predicted octanol–water partition coefficient (Wildman–Crippen LogP) is 2.01. The first-order valence-electron chi connectivity index (χ1n) is 6.89. The Morgan fingerprint density at radius 3 is 2.58 bits per heavy atom. The lowest BCUT2D eigenvalue weighted by Crippen LogP contribution is -2.36. The highest BCUT2D eigenvalue weighted by atomic mass is 16.5. The Morgan fingerprint density at radius 1 is 1.37 bits per heavy atom. The van der Waals surface area contributed by atoms with Crippen LogP contribution in [-0.2, 0) is 4.79 Å². The van der Waals surface area contributed by atoms with Crippen molar-refractivity contribution in [3.05, 3.63) is 29.8 Å². The molecule has 0 aliphatic heterocycles. The smallest absolute Gasteiger partial charge is 0.234 e. The van der Waals surface area contributed by atoms with E-state index in [1.807, 2.05) is 24.3 Å². The van der Waals surface area contributed by atoms with Crippen molar-refractivity contribution in [3.8, 4) is 5.75 Å². The largest absolute Gasteiger partial charge is 0.497 e. The topological polar surface area (TPSA) is 50.4 Å². The van der Waals surface area contributed by atoms with Crippen LogP contribution in [0, 0.1) is 0 Å². The summed E-state index contributed by atoms with van der Waals surface area (Å²) in [5.41, 5.74) is 1.18. The third kappa shape index (κ3) is 4.24. The summed E-state index contributed by atoms with van der Waals surface area (Å²) in [6.45, 7) is 2.49. The van der Waals surface area contributed by atoms with Crippen molar-refractivity contribution < 1.29 is 9.53 Å². The van der Waals surface area contributed by atoms with E-state index in [2.05, 4.69) is 17.6 Å². The molecule has 1 aromatic carbocycles. The summed E-state index contributed by atoms with van der Waals surface area (Å²) in [5.74, 6) is 0.944. The Kier molecular flexibility index (Phi) is 4.80. The van der Waals surface area contributed by atoms with Gasteiger partial charge in [0.05, 0.1) is 13.7 Å². The average molecular weight is 262 g/mol. The van der Waals surface area contributed by atoms with Crippen LogP contribution in [0.2, 0.25) is 0 Å². The van der Waals surface area contributed by atoms with E-state index in [0.717, 1.165) is 25.0 Å². The fourth-order valence-electron chi connectivity index (χ4n) is 2.06. The molecule has 2 N–H and O–H groups in total. The molecule has 1 aliphatic rings. The van der Waals surface area contributed by atoms with Gasteiger partial charge in [-0.05, 0) is 37.0 Å². The van der Waals surface area contributed by atoms with Crippen molar-refractivity contribution in [1.82, 2.24) is 10.6 Å². The van der Waals surface area contributed by atoms with Crippen LogP contribution in [0.1, 0.15) is 37.8 Å². The van der Waals surface area contributed by atoms with Crippen LogP contribution in [0.5, 0.6) is 5.75 Å². The maximum atomic E-state index is 11.7. The first kappa shape index (κ1) is 13.9. The molecule has 0 aromatic heterocycles. The van der Waals surface area contributed by atoms with Gasteiger partial charge in [0.1, 0.15) is 5.75 Å². The molecule has 1 aliphatic carbocycles. The molecule has 19 heavy (non-hydrogen) atoms. The minimum Gasteiger partial charge on any atom is -0.497 e. The Bertz CT molecular complexity index is 413. The summed E-state index contributed by atoms with van der Waals surface area (Å²) in [4.78, 5) is 11.7. The minimum absolute atomic E-state index is 0.0921. The van der Waals surface area contributed by atoms with Crippen LogP contribution in [0.4, 0.5) is 0 Å². The summed E-state index contributed by atoms with van der Waals surface area (Å²) in [6, 6.07) is 8.61. The number of hydrogen-bond acceptors (Lipinski definition) is 3. The Balaban J connectivity index is 1.85. The van der Waals surface area contributed by atoms with Crippen LogP contribution in [0.15, 0.2) is 24.3 Å². The third-order valence-electron chi connectivity index (χ3n) is 3.38. The number of benzene rings is 1. The lowest BCUT2D eigenvalue weighted by atomic mass is 10.0. The molecule has 0 heterocycles. The van der Waals surface area contributed by atoms with Crippen LogP contribution in [0.3, 0.4) is 0 Å². The molecule has 1 amide bonds. The summed E-state index contributed by atoms with van der Waals surface area (Å²) in [5, 5.41) is 6.28. The zero-order valence-corrected chi connectivity index (χ0v) is 11.6. The molecule has 1 aromatic rings. The van der Waals surface area contributed by atoms with Crippen molar-refractivity contribution >= 4 is 5.91 Å². The van der Waals surface area contributed by atoms with Gasteiger partial charge in [-0.1, -0.05) is 19.1 Å². The highest BCUT2D eigenvalue weighted by Crippen LogP contribution is 2.20. The van der Waals surface area contributed by atoms with Gasteiger partial charge in [0, 0.05) is 12.1 Å². The standard InChI is InChI=1S/C15H22N2O2/c1-3-14(11-4-8-13(19-2)9-5-11)16-10-15(18)17-12-6-7-12/h4-5,8-9,12,14,16H,3,6-7,10H2,1-2H3,(H,17,18). The Morgan fingerprint density at radius 2 is 2.05 bits per heavy atom. The molecule has 0 saturated heterocycles. The molecule has 104 valence electrons. The fraction of sp³-hybridized carbons (Fsp3) is 0.533. The first-order valence-corrected chi connectivity index (χ1v) is 6.89. The lowest BCUT2D eigenvalue weighted by Gasteiger charge is -2.17. The van der Waals surface area contributed by atoms with Crippen LogP contribution < -0.4 is 15.4 Å². The molecule has 0 bridgehead atoms. The molecule has 1 saturated carbocycles. The average Bonchev–Trinajstić information content (AvgIpc) is 3.24. The number of rotatable bonds is 7. The van der Waals surface area contributed by atoms with Crippen LogP contribution >= 0.6 is 0 Å². The summed E-state index contributed by atoms with van der Waals surface area (Å²) >= 11 is 0. The second-order valence-corrected chi connectivity index (χ2v) is 4.96. The molecular formula is C15H22N2O2. The maximum absolute atomic E-state index is 11.7. The van der Waals surface area contributed by atoms with Gasteiger partial charge in [-0.2, -0.15) is 0 Å². The van der Waals surface area contributed by atoms with E-state index in [0.29, 0.717) is 12.6 Å². The van der Waals surface area contributed by atoms with E-state index in [1.54, 1.807) is 7.11 Å². The molecule has 1 fully saturated rings.